The Morgan fingerprint density at radius 3 is 2.23 bits per heavy atom. The van der Waals surface area contributed by atoms with Crippen molar-refractivity contribution < 1.29 is 9.47 Å². The first-order valence-corrected chi connectivity index (χ1v) is 8.38. The number of anilines is 4. The smallest absolute Gasteiger partial charge is 0.229 e. The van der Waals surface area contributed by atoms with Crippen LogP contribution in [0.25, 0.3) is 0 Å². The number of halogens is 2. The van der Waals surface area contributed by atoms with Gasteiger partial charge in [0, 0.05) is 33.7 Å². The highest BCUT2D eigenvalue weighted by Gasteiger charge is 2.07. The third-order valence-corrected chi connectivity index (χ3v) is 3.87. The molecule has 0 saturated carbocycles. The van der Waals surface area contributed by atoms with Gasteiger partial charge in [0.1, 0.15) is 5.82 Å². The van der Waals surface area contributed by atoms with Gasteiger partial charge in [-0.25, -0.2) is 4.98 Å². The number of nitrogens with one attached hydrogen (secondary N) is 2. The third-order valence-electron chi connectivity index (χ3n) is 3.43. The fourth-order valence-corrected chi connectivity index (χ4v) is 2.83. The number of benzene rings is 2. The molecule has 6 nitrogen and oxygen atoms in total. The van der Waals surface area contributed by atoms with Crippen molar-refractivity contribution in [1.82, 2.24) is 9.97 Å². The first-order chi connectivity index (χ1) is 12.6. The lowest BCUT2D eigenvalue weighted by atomic mass is 10.3. The van der Waals surface area contributed by atoms with Gasteiger partial charge < -0.3 is 20.1 Å². The molecule has 0 spiro atoms. The third kappa shape index (κ3) is 4.47. The van der Waals surface area contributed by atoms with E-state index < -0.39 is 0 Å². The molecule has 3 rings (SSSR count). The highest BCUT2D eigenvalue weighted by molar-refractivity contribution is 6.35. The van der Waals surface area contributed by atoms with Gasteiger partial charge in [-0.1, -0.05) is 23.2 Å². The summed E-state index contributed by atoms with van der Waals surface area (Å²) in [6.07, 6.45) is 1.64. The van der Waals surface area contributed by atoms with Crippen molar-refractivity contribution in [2.75, 3.05) is 24.9 Å². The minimum absolute atomic E-state index is 0.426. The minimum atomic E-state index is 0.426. The second-order valence-corrected chi connectivity index (χ2v) is 6.12. The van der Waals surface area contributed by atoms with E-state index in [0.29, 0.717) is 33.3 Å². The maximum absolute atomic E-state index is 6.02. The van der Waals surface area contributed by atoms with Crippen LogP contribution in [-0.4, -0.2) is 24.2 Å². The molecule has 1 aromatic heterocycles. The van der Waals surface area contributed by atoms with Crippen LogP contribution in [0.5, 0.6) is 11.5 Å². The zero-order valence-corrected chi connectivity index (χ0v) is 15.6. The van der Waals surface area contributed by atoms with Crippen LogP contribution >= 0.6 is 23.2 Å². The van der Waals surface area contributed by atoms with Gasteiger partial charge in [-0.05, 0) is 36.4 Å². The van der Waals surface area contributed by atoms with Gasteiger partial charge in [0.25, 0.3) is 0 Å². The lowest BCUT2D eigenvalue weighted by molar-refractivity contribution is 0.355. The zero-order valence-electron chi connectivity index (χ0n) is 14.1. The lowest BCUT2D eigenvalue weighted by Gasteiger charge is -2.11. The van der Waals surface area contributed by atoms with Crippen LogP contribution in [0, 0.1) is 0 Å². The van der Waals surface area contributed by atoms with E-state index in [1.807, 2.05) is 6.07 Å². The largest absolute Gasteiger partial charge is 0.493 e. The molecule has 1 heterocycles. The van der Waals surface area contributed by atoms with E-state index in [0.717, 1.165) is 11.4 Å². The molecule has 3 aromatic rings. The summed E-state index contributed by atoms with van der Waals surface area (Å²) >= 11 is 12.0. The molecule has 2 N–H and O–H groups in total. The molecule has 0 aliphatic carbocycles. The molecule has 2 aromatic carbocycles. The summed E-state index contributed by atoms with van der Waals surface area (Å²) in [5.41, 5.74) is 1.50. The highest BCUT2D eigenvalue weighted by Crippen LogP contribution is 2.31. The van der Waals surface area contributed by atoms with Crippen LogP contribution in [0.15, 0.2) is 48.7 Å². The molecule has 0 atom stereocenters. The molecule has 0 radical (unpaired) electrons. The molecule has 26 heavy (non-hydrogen) atoms. The fraction of sp³-hybridized carbons (Fsp3) is 0.111. The van der Waals surface area contributed by atoms with E-state index in [2.05, 4.69) is 20.6 Å². The van der Waals surface area contributed by atoms with Gasteiger partial charge in [-0.3, -0.25) is 0 Å². The highest BCUT2D eigenvalue weighted by atomic mass is 35.5. The summed E-state index contributed by atoms with van der Waals surface area (Å²) in [5, 5.41) is 7.36. The number of methoxy groups -OCH3 is 2. The van der Waals surface area contributed by atoms with E-state index in [1.54, 1.807) is 56.8 Å². The van der Waals surface area contributed by atoms with Crippen molar-refractivity contribution in [3.05, 3.63) is 58.7 Å². The Labute approximate surface area is 161 Å². The van der Waals surface area contributed by atoms with Crippen molar-refractivity contribution >= 4 is 46.3 Å². The van der Waals surface area contributed by atoms with Crippen molar-refractivity contribution in [3.63, 3.8) is 0 Å². The number of aromatic nitrogens is 2. The quantitative estimate of drug-likeness (QED) is 0.595. The number of hydrogen-bond acceptors (Lipinski definition) is 6. The zero-order chi connectivity index (χ0) is 18.5. The Hall–Kier alpha value is -2.70. The van der Waals surface area contributed by atoms with Crippen molar-refractivity contribution in [1.29, 1.82) is 0 Å². The van der Waals surface area contributed by atoms with Crippen LogP contribution in [0.3, 0.4) is 0 Å². The van der Waals surface area contributed by atoms with Crippen LogP contribution in [0.1, 0.15) is 0 Å². The molecule has 8 heteroatoms. The standard InChI is InChI=1S/C18H16Cl2N4O2/c1-25-15-4-3-13(10-16(15)26-2)23-18-21-6-5-17(24-18)22-14-8-11(19)7-12(20)9-14/h3-10H,1-2H3,(H2,21,22,23,24). The van der Waals surface area contributed by atoms with E-state index in [-0.39, 0.29) is 0 Å². The molecule has 0 aliphatic heterocycles. The molecule has 0 unspecified atom stereocenters. The molecule has 0 bridgehead atoms. The second-order valence-electron chi connectivity index (χ2n) is 5.24. The van der Waals surface area contributed by atoms with Gasteiger partial charge in [0.05, 0.1) is 14.2 Å². The van der Waals surface area contributed by atoms with Gasteiger partial charge in [-0.15, -0.1) is 0 Å². The molecular formula is C18H16Cl2N4O2. The second kappa shape index (κ2) is 8.12. The van der Waals surface area contributed by atoms with E-state index in [9.17, 15) is 0 Å². The van der Waals surface area contributed by atoms with Crippen molar-refractivity contribution in [3.8, 4) is 11.5 Å². The molecule has 0 aliphatic rings. The van der Waals surface area contributed by atoms with Crippen LogP contribution in [-0.2, 0) is 0 Å². The van der Waals surface area contributed by atoms with Crippen molar-refractivity contribution in [2.24, 2.45) is 0 Å². The average Bonchev–Trinajstić information content (AvgIpc) is 2.61. The number of rotatable bonds is 6. The predicted octanol–water partition coefficient (Wildman–Crippen LogP) is 5.29. The Morgan fingerprint density at radius 1 is 0.808 bits per heavy atom. The van der Waals surface area contributed by atoms with Gasteiger partial charge in [0.2, 0.25) is 5.95 Å². The topological polar surface area (TPSA) is 68.3 Å². The van der Waals surface area contributed by atoms with Crippen LogP contribution < -0.4 is 20.1 Å². The molecule has 0 saturated heterocycles. The van der Waals surface area contributed by atoms with Crippen LogP contribution in [0.4, 0.5) is 23.1 Å². The minimum Gasteiger partial charge on any atom is -0.493 e. The summed E-state index contributed by atoms with van der Waals surface area (Å²) in [6.45, 7) is 0. The summed E-state index contributed by atoms with van der Waals surface area (Å²) in [7, 11) is 3.17. The number of ether oxygens (including phenoxy) is 2. The van der Waals surface area contributed by atoms with Gasteiger partial charge >= 0.3 is 0 Å². The number of hydrogen-bond donors (Lipinski definition) is 2. The van der Waals surface area contributed by atoms with Crippen molar-refractivity contribution in [2.45, 2.75) is 0 Å². The van der Waals surface area contributed by atoms with E-state index in [4.69, 9.17) is 32.7 Å². The fourth-order valence-electron chi connectivity index (χ4n) is 2.31. The molecule has 134 valence electrons. The maximum Gasteiger partial charge on any atom is 0.229 e. The Bertz CT molecular complexity index is 901. The normalized spacial score (nSPS) is 10.3. The lowest BCUT2D eigenvalue weighted by Crippen LogP contribution is -2.01. The monoisotopic (exact) mass is 390 g/mol. The van der Waals surface area contributed by atoms with Gasteiger partial charge in [-0.2, -0.15) is 4.98 Å². The summed E-state index contributed by atoms with van der Waals surface area (Å²) < 4.78 is 10.5. The molecule has 0 amide bonds. The Morgan fingerprint density at radius 2 is 1.54 bits per heavy atom. The van der Waals surface area contributed by atoms with Gasteiger partial charge in [0.15, 0.2) is 11.5 Å². The molecular weight excluding hydrogens is 375 g/mol. The predicted molar refractivity (Wildman–Crippen MR) is 105 cm³/mol. The summed E-state index contributed by atoms with van der Waals surface area (Å²) in [5.74, 6) is 2.28. The van der Waals surface area contributed by atoms with E-state index in [1.165, 1.54) is 0 Å². The molecule has 0 fully saturated rings. The Kier molecular flexibility index (Phi) is 5.65. The summed E-state index contributed by atoms with van der Waals surface area (Å²) in [6, 6.07) is 12.4. The first-order valence-electron chi connectivity index (χ1n) is 7.62. The SMILES string of the molecule is COc1ccc(Nc2nccc(Nc3cc(Cl)cc(Cl)c3)n2)cc1OC. The average molecular weight is 391 g/mol. The number of nitrogens with zero attached hydrogens (tertiary/aromatic N) is 2. The Balaban J connectivity index is 1.79. The van der Waals surface area contributed by atoms with E-state index >= 15 is 0 Å². The maximum atomic E-state index is 6.02. The first kappa shape index (κ1) is 18.1. The van der Waals surface area contributed by atoms with Crippen LogP contribution in [0.2, 0.25) is 10.0 Å². The summed E-state index contributed by atoms with van der Waals surface area (Å²) in [4.78, 5) is 8.65.